The number of aliphatic imine (C=N–C) groups is 1. The molecule has 0 aromatic rings. The minimum absolute atomic E-state index is 0.218. The molecule has 3 rings (SSSR count). The Kier molecular flexibility index (Phi) is 5.72. The monoisotopic (exact) mass is 364 g/mol. The van der Waals surface area contributed by atoms with Crippen LogP contribution in [0, 0.1) is 0 Å². The van der Waals surface area contributed by atoms with Crippen molar-refractivity contribution in [2.75, 3.05) is 46.9 Å². The van der Waals surface area contributed by atoms with Crippen molar-refractivity contribution < 1.29 is 18.9 Å². The molecule has 0 bridgehead atoms. The fourth-order valence-electron chi connectivity index (χ4n) is 3.91. The van der Waals surface area contributed by atoms with E-state index in [1.165, 1.54) is 36.1 Å². The summed E-state index contributed by atoms with van der Waals surface area (Å²) in [5.74, 6) is 1.18. The number of likely N-dealkylation sites (N-methyl/N-ethyl adjacent to an activating group) is 2. The highest BCUT2D eigenvalue weighted by Gasteiger charge is 2.53. The first-order chi connectivity index (χ1) is 12.5. The lowest BCUT2D eigenvalue weighted by Crippen LogP contribution is -2.61. The molecule has 0 aliphatic carbocycles. The second-order valence-electron chi connectivity index (χ2n) is 7.23. The zero-order valence-electron chi connectivity index (χ0n) is 16.3. The summed E-state index contributed by atoms with van der Waals surface area (Å²) in [6, 6.07) is -0.355. The Bertz CT molecular complexity index is 645. The highest BCUT2D eigenvalue weighted by molar-refractivity contribution is 6.23. The molecule has 3 aliphatic heterocycles. The molecule has 3 heterocycles. The standard InChI is InChI=1S/C18H30N5O3/c1-5-26-11-10-23-14(12-22-9-7-6-8-13(22)2)19-16-15(23)17(24)21(4)18(25)20(16)3/h13,15H,5-12H2,1-4H3/q+1. The van der Waals surface area contributed by atoms with Gasteiger partial charge in [-0.2, -0.15) is 0 Å². The van der Waals surface area contributed by atoms with Crippen LogP contribution in [0.25, 0.3) is 0 Å². The Morgan fingerprint density at radius 2 is 2.00 bits per heavy atom. The Hall–Kier alpha value is -1.80. The SMILES string of the molecule is CCOCC[N+]1=C(CN2CCCCC2C)N=C2C1C(=O)N(C)C(=O)N2C. The van der Waals surface area contributed by atoms with Crippen molar-refractivity contribution in [2.45, 2.75) is 45.2 Å². The first-order valence-electron chi connectivity index (χ1n) is 9.53. The van der Waals surface area contributed by atoms with Crippen molar-refractivity contribution in [3.05, 3.63) is 0 Å². The van der Waals surface area contributed by atoms with Crippen LogP contribution in [0.2, 0.25) is 0 Å². The minimum atomic E-state index is -0.529. The summed E-state index contributed by atoms with van der Waals surface area (Å²) < 4.78 is 7.54. The molecule has 0 radical (unpaired) electrons. The van der Waals surface area contributed by atoms with Crippen molar-refractivity contribution in [3.63, 3.8) is 0 Å². The van der Waals surface area contributed by atoms with Gasteiger partial charge < -0.3 is 4.74 Å². The second kappa shape index (κ2) is 7.84. The molecule has 3 aliphatic rings. The van der Waals surface area contributed by atoms with Crippen LogP contribution in [0.3, 0.4) is 0 Å². The van der Waals surface area contributed by atoms with E-state index in [-0.39, 0.29) is 11.9 Å². The van der Waals surface area contributed by atoms with Crippen LogP contribution in [0.15, 0.2) is 4.99 Å². The van der Waals surface area contributed by atoms with E-state index in [9.17, 15) is 9.59 Å². The van der Waals surface area contributed by atoms with E-state index in [0.29, 0.717) is 38.2 Å². The Morgan fingerprint density at radius 1 is 1.23 bits per heavy atom. The summed E-state index contributed by atoms with van der Waals surface area (Å²) in [6.45, 7) is 7.70. The summed E-state index contributed by atoms with van der Waals surface area (Å²) in [5, 5.41) is 0. The highest BCUT2D eigenvalue weighted by Crippen LogP contribution is 2.21. The lowest BCUT2D eigenvalue weighted by atomic mass is 10.0. The third-order valence-electron chi connectivity index (χ3n) is 5.58. The van der Waals surface area contributed by atoms with Crippen molar-refractivity contribution in [1.82, 2.24) is 14.7 Å². The van der Waals surface area contributed by atoms with Gasteiger partial charge in [-0.1, -0.05) is 6.42 Å². The molecule has 26 heavy (non-hydrogen) atoms. The van der Waals surface area contributed by atoms with E-state index in [4.69, 9.17) is 9.73 Å². The number of carbonyl (C=O) groups is 2. The maximum absolute atomic E-state index is 12.8. The molecular formula is C18H30N5O3+. The van der Waals surface area contributed by atoms with Crippen LogP contribution in [-0.4, -0.2) is 102 Å². The van der Waals surface area contributed by atoms with Gasteiger partial charge in [-0.05, 0) is 38.2 Å². The predicted octanol–water partition coefficient (Wildman–Crippen LogP) is 0.613. The summed E-state index contributed by atoms with van der Waals surface area (Å²) in [4.78, 5) is 34.9. The zero-order valence-corrected chi connectivity index (χ0v) is 16.3. The van der Waals surface area contributed by atoms with E-state index in [1.807, 2.05) is 11.5 Å². The number of nitrogens with zero attached hydrogens (tertiary/aromatic N) is 5. The van der Waals surface area contributed by atoms with Crippen LogP contribution in [0.5, 0.6) is 0 Å². The van der Waals surface area contributed by atoms with Crippen LogP contribution < -0.4 is 0 Å². The Balaban J connectivity index is 1.89. The van der Waals surface area contributed by atoms with Crippen molar-refractivity contribution in [1.29, 1.82) is 0 Å². The molecule has 8 nitrogen and oxygen atoms in total. The molecule has 3 amide bonds. The van der Waals surface area contributed by atoms with Crippen LogP contribution in [-0.2, 0) is 9.53 Å². The Labute approximate surface area is 155 Å². The van der Waals surface area contributed by atoms with Gasteiger partial charge in [0.2, 0.25) is 0 Å². The van der Waals surface area contributed by atoms with Gasteiger partial charge in [0.1, 0.15) is 13.1 Å². The molecule has 0 aromatic heterocycles. The molecule has 2 atom stereocenters. The first kappa shape index (κ1) is 19.0. The van der Waals surface area contributed by atoms with Gasteiger partial charge in [-0.3, -0.25) is 19.5 Å². The minimum Gasteiger partial charge on any atom is -0.378 e. The average Bonchev–Trinajstić information content (AvgIpc) is 2.99. The number of carbonyl (C=O) groups excluding carboxylic acids is 2. The predicted molar refractivity (Wildman–Crippen MR) is 98.7 cm³/mol. The zero-order chi connectivity index (χ0) is 18.8. The van der Waals surface area contributed by atoms with Gasteiger partial charge in [0.15, 0.2) is 0 Å². The third kappa shape index (κ3) is 3.40. The number of ether oxygens (including phenoxy) is 1. The first-order valence-corrected chi connectivity index (χ1v) is 9.53. The van der Waals surface area contributed by atoms with E-state index in [2.05, 4.69) is 11.8 Å². The average molecular weight is 364 g/mol. The molecular weight excluding hydrogens is 334 g/mol. The number of hydrogen-bond acceptors (Lipinski definition) is 5. The molecule has 8 heteroatoms. The van der Waals surface area contributed by atoms with E-state index in [0.717, 1.165) is 12.4 Å². The number of rotatable bonds is 6. The molecule has 2 saturated heterocycles. The van der Waals surface area contributed by atoms with Crippen LogP contribution in [0.4, 0.5) is 4.79 Å². The number of piperidine rings is 1. The van der Waals surface area contributed by atoms with Gasteiger partial charge in [-0.25, -0.2) is 9.37 Å². The molecule has 0 saturated carbocycles. The van der Waals surface area contributed by atoms with Crippen molar-refractivity contribution in [3.8, 4) is 0 Å². The number of urea groups is 1. The lowest BCUT2D eigenvalue weighted by Gasteiger charge is -2.32. The summed E-state index contributed by atoms with van der Waals surface area (Å²) in [6.07, 6.45) is 3.64. The number of imide groups is 1. The van der Waals surface area contributed by atoms with Gasteiger partial charge in [0.25, 0.3) is 17.8 Å². The second-order valence-corrected chi connectivity index (χ2v) is 7.23. The molecule has 0 spiro atoms. The lowest BCUT2D eigenvalue weighted by molar-refractivity contribution is -0.539. The van der Waals surface area contributed by atoms with Crippen molar-refractivity contribution >= 4 is 23.6 Å². The van der Waals surface area contributed by atoms with Gasteiger partial charge >= 0.3 is 11.9 Å². The molecule has 0 N–H and O–H groups in total. The fourth-order valence-corrected chi connectivity index (χ4v) is 3.91. The number of fused-ring (bicyclic) bond motifs is 1. The van der Waals surface area contributed by atoms with E-state index >= 15 is 0 Å². The molecule has 0 aromatic carbocycles. The topological polar surface area (TPSA) is 68.5 Å². The van der Waals surface area contributed by atoms with Crippen molar-refractivity contribution in [2.24, 2.45) is 4.99 Å². The molecule has 2 unspecified atom stereocenters. The third-order valence-corrected chi connectivity index (χ3v) is 5.58. The largest absolute Gasteiger partial charge is 0.378 e. The maximum atomic E-state index is 12.8. The van der Waals surface area contributed by atoms with Gasteiger partial charge in [0.05, 0.1) is 6.61 Å². The number of amidine groups is 2. The number of likely N-dealkylation sites (tertiary alicyclic amines) is 1. The summed E-state index contributed by atoms with van der Waals surface area (Å²) in [5.41, 5.74) is 0. The van der Waals surface area contributed by atoms with E-state index in [1.54, 1.807) is 7.05 Å². The normalized spacial score (nSPS) is 27.3. The van der Waals surface area contributed by atoms with Crippen LogP contribution >= 0.6 is 0 Å². The highest BCUT2D eigenvalue weighted by atomic mass is 16.5. The Morgan fingerprint density at radius 3 is 2.69 bits per heavy atom. The maximum Gasteiger partial charge on any atom is 0.333 e. The van der Waals surface area contributed by atoms with Gasteiger partial charge in [0, 0.05) is 26.7 Å². The van der Waals surface area contributed by atoms with Gasteiger partial charge in [-0.15, -0.1) is 0 Å². The number of amides is 3. The quantitative estimate of drug-likeness (QED) is 0.512. The molecule has 144 valence electrons. The summed E-state index contributed by atoms with van der Waals surface area (Å²) >= 11 is 0. The smallest absolute Gasteiger partial charge is 0.333 e. The van der Waals surface area contributed by atoms with Crippen LogP contribution in [0.1, 0.15) is 33.1 Å². The summed E-state index contributed by atoms with van der Waals surface area (Å²) in [7, 11) is 3.22. The molecule has 2 fully saturated rings. The number of hydrogen-bond donors (Lipinski definition) is 0. The van der Waals surface area contributed by atoms with E-state index < -0.39 is 6.04 Å². The fraction of sp³-hybridized carbons (Fsp3) is 0.778.